The average Bonchev–Trinajstić information content (AvgIpc) is 2.99. The highest BCUT2D eigenvalue weighted by Gasteiger charge is 2.13. The molecule has 6 nitrogen and oxygen atoms in total. The van der Waals surface area contributed by atoms with E-state index in [2.05, 4.69) is 10.1 Å². The molecule has 0 saturated heterocycles. The summed E-state index contributed by atoms with van der Waals surface area (Å²) < 4.78 is 12.4. The summed E-state index contributed by atoms with van der Waals surface area (Å²) in [5.74, 6) is 1.52. The van der Waals surface area contributed by atoms with Gasteiger partial charge in [0.15, 0.2) is 0 Å². The zero-order chi connectivity index (χ0) is 16.2. The van der Waals surface area contributed by atoms with Crippen LogP contribution in [0.5, 0.6) is 5.75 Å². The van der Waals surface area contributed by atoms with Crippen molar-refractivity contribution >= 4 is 0 Å². The number of aromatic nitrogens is 3. The lowest BCUT2D eigenvalue weighted by Gasteiger charge is -2.06. The number of hydrogen-bond acceptors (Lipinski definition) is 5. The van der Waals surface area contributed by atoms with Gasteiger partial charge >= 0.3 is 0 Å². The standard InChI is InChI=1S/C17H17N3O3/c1-3-22-14-7-5-4-6-13(14)17-18-15(23-19-17)11-20-9-8-12(2)10-16(20)21/h4-10H,3,11H2,1-2H3. The first-order valence-electron chi connectivity index (χ1n) is 7.39. The molecule has 0 radical (unpaired) electrons. The molecule has 2 heterocycles. The number of para-hydroxylation sites is 1. The Morgan fingerprint density at radius 1 is 1.26 bits per heavy atom. The minimum absolute atomic E-state index is 0.0977. The van der Waals surface area contributed by atoms with Crippen LogP contribution < -0.4 is 10.3 Å². The predicted molar refractivity (Wildman–Crippen MR) is 85.4 cm³/mol. The molecule has 0 unspecified atom stereocenters. The van der Waals surface area contributed by atoms with Crippen LogP contribution >= 0.6 is 0 Å². The van der Waals surface area contributed by atoms with E-state index in [0.29, 0.717) is 24.1 Å². The first-order valence-corrected chi connectivity index (χ1v) is 7.39. The van der Waals surface area contributed by atoms with Crippen molar-refractivity contribution in [2.75, 3.05) is 6.61 Å². The molecule has 0 aliphatic heterocycles. The lowest BCUT2D eigenvalue weighted by Crippen LogP contribution is -2.19. The lowest BCUT2D eigenvalue weighted by atomic mass is 10.2. The van der Waals surface area contributed by atoms with Crippen molar-refractivity contribution in [3.05, 3.63) is 64.4 Å². The van der Waals surface area contributed by atoms with Crippen molar-refractivity contribution in [3.63, 3.8) is 0 Å². The van der Waals surface area contributed by atoms with Crippen molar-refractivity contribution in [2.45, 2.75) is 20.4 Å². The van der Waals surface area contributed by atoms with Gasteiger partial charge in [0.2, 0.25) is 11.7 Å². The highest BCUT2D eigenvalue weighted by atomic mass is 16.5. The molecule has 118 valence electrons. The van der Waals surface area contributed by atoms with Crippen LogP contribution in [0.1, 0.15) is 18.4 Å². The Morgan fingerprint density at radius 2 is 2.09 bits per heavy atom. The average molecular weight is 311 g/mol. The van der Waals surface area contributed by atoms with Crippen molar-refractivity contribution in [3.8, 4) is 17.1 Å². The Bertz CT molecular complexity index is 867. The minimum Gasteiger partial charge on any atom is -0.493 e. The molecule has 2 aromatic heterocycles. The smallest absolute Gasteiger partial charge is 0.251 e. The van der Waals surface area contributed by atoms with Gasteiger partial charge in [-0.2, -0.15) is 4.98 Å². The maximum atomic E-state index is 11.9. The van der Waals surface area contributed by atoms with Gasteiger partial charge in [0.25, 0.3) is 5.56 Å². The van der Waals surface area contributed by atoms with E-state index in [9.17, 15) is 4.79 Å². The number of rotatable bonds is 5. The molecule has 0 aliphatic rings. The first kappa shape index (κ1) is 15.0. The molecular formula is C17H17N3O3. The molecule has 0 saturated carbocycles. The van der Waals surface area contributed by atoms with E-state index in [-0.39, 0.29) is 12.1 Å². The summed E-state index contributed by atoms with van der Waals surface area (Å²) in [6, 6.07) is 10.9. The molecule has 0 amide bonds. The third-order valence-corrected chi connectivity index (χ3v) is 3.35. The first-order chi connectivity index (χ1) is 11.2. The number of aryl methyl sites for hydroxylation is 1. The van der Waals surface area contributed by atoms with E-state index in [1.807, 2.05) is 44.2 Å². The van der Waals surface area contributed by atoms with Crippen molar-refractivity contribution in [1.82, 2.24) is 14.7 Å². The number of hydrogen-bond donors (Lipinski definition) is 0. The summed E-state index contributed by atoms with van der Waals surface area (Å²) in [7, 11) is 0. The predicted octanol–water partition coefficient (Wildman–Crippen LogP) is 2.65. The summed E-state index contributed by atoms with van der Waals surface area (Å²) in [6.45, 7) is 4.59. The topological polar surface area (TPSA) is 70.2 Å². The van der Waals surface area contributed by atoms with Crippen LogP contribution in [0, 0.1) is 6.92 Å². The molecule has 3 aromatic rings. The van der Waals surface area contributed by atoms with Gasteiger partial charge in [-0.1, -0.05) is 17.3 Å². The Morgan fingerprint density at radius 3 is 2.87 bits per heavy atom. The lowest BCUT2D eigenvalue weighted by molar-refractivity contribution is 0.340. The molecule has 0 bridgehead atoms. The molecular weight excluding hydrogens is 294 g/mol. The van der Waals surface area contributed by atoms with E-state index in [4.69, 9.17) is 9.26 Å². The van der Waals surface area contributed by atoms with Crippen LogP contribution in [-0.2, 0) is 6.54 Å². The van der Waals surface area contributed by atoms with Gasteiger partial charge in [-0.3, -0.25) is 4.79 Å². The SMILES string of the molecule is CCOc1ccccc1-c1noc(Cn2ccc(C)cc2=O)n1. The van der Waals surface area contributed by atoms with Crippen molar-refractivity contribution in [2.24, 2.45) is 0 Å². The van der Waals surface area contributed by atoms with E-state index in [0.717, 1.165) is 11.1 Å². The summed E-state index contributed by atoms with van der Waals surface area (Å²) >= 11 is 0. The number of benzene rings is 1. The van der Waals surface area contributed by atoms with Gasteiger partial charge in [-0.05, 0) is 37.6 Å². The zero-order valence-corrected chi connectivity index (χ0v) is 13.0. The molecule has 23 heavy (non-hydrogen) atoms. The van der Waals surface area contributed by atoms with Gasteiger partial charge in [0, 0.05) is 12.3 Å². The Hall–Kier alpha value is -2.89. The van der Waals surface area contributed by atoms with Crippen LogP contribution in [0.2, 0.25) is 0 Å². The molecule has 0 fully saturated rings. The van der Waals surface area contributed by atoms with E-state index < -0.39 is 0 Å². The second-order valence-corrected chi connectivity index (χ2v) is 5.11. The maximum absolute atomic E-state index is 11.9. The fourth-order valence-electron chi connectivity index (χ4n) is 2.24. The highest BCUT2D eigenvalue weighted by Crippen LogP contribution is 2.27. The van der Waals surface area contributed by atoms with Crippen LogP contribution in [0.3, 0.4) is 0 Å². The Labute approximate surface area is 133 Å². The fraction of sp³-hybridized carbons (Fsp3) is 0.235. The van der Waals surface area contributed by atoms with Crippen LogP contribution in [0.15, 0.2) is 51.9 Å². The van der Waals surface area contributed by atoms with Crippen LogP contribution in [0.4, 0.5) is 0 Å². The summed E-state index contributed by atoms with van der Waals surface area (Å²) in [5.41, 5.74) is 1.59. The largest absolute Gasteiger partial charge is 0.493 e. The molecule has 3 rings (SSSR count). The maximum Gasteiger partial charge on any atom is 0.251 e. The summed E-state index contributed by atoms with van der Waals surface area (Å²) in [6.07, 6.45) is 1.72. The zero-order valence-electron chi connectivity index (χ0n) is 13.0. The van der Waals surface area contributed by atoms with Gasteiger partial charge < -0.3 is 13.8 Å². The Kier molecular flexibility index (Phi) is 4.23. The quantitative estimate of drug-likeness (QED) is 0.724. The van der Waals surface area contributed by atoms with Crippen molar-refractivity contribution < 1.29 is 9.26 Å². The van der Waals surface area contributed by atoms with E-state index in [1.165, 1.54) is 4.57 Å². The second-order valence-electron chi connectivity index (χ2n) is 5.11. The van der Waals surface area contributed by atoms with Gasteiger partial charge in [0.05, 0.1) is 12.2 Å². The molecule has 0 spiro atoms. The summed E-state index contributed by atoms with van der Waals surface area (Å²) in [5, 5.41) is 3.99. The second kappa shape index (κ2) is 6.48. The minimum atomic E-state index is -0.0977. The number of nitrogens with zero attached hydrogens (tertiary/aromatic N) is 3. The van der Waals surface area contributed by atoms with Gasteiger partial charge in [-0.25, -0.2) is 0 Å². The van der Waals surface area contributed by atoms with Crippen LogP contribution in [0.25, 0.3) is 11.4 Å². The molecule has 0 N–H and O–H groups in total. The number of ether oxygens (including phenoxy) is 1. The molecule has 0 atom stereocenters. The summed E-state index contributed by atoms with van der Waals surface area (Å²) in [4.78, 5) is 16.3. The Balaban J connectivity index is 1.88. The van der Waals surface area contributed by atoms with Crippen LogP contribution in [-0.4, -0.2) is 21.3 Å². The number of pyridine rings is 1. The van der Waals surface area contributed by atoms with Gasteiger partial charge in [-0.15, -0.1) is 0 Å². The van der Waals surface area contributed by atoms with Crippen molar-refractivity contribution in [1.29, 1.82) is 0 Å². The fourth-order valence-corrected chi connectivity index (χ4v) is 2.24. The third-order valence-electron chi connectivity index (χ3n) is 3.35. The van der Waals surface area contributed by atoms with Gasteiger partial charge in [0.1, 0.15) is 12.3 Å². The monoisotopic (exact) mass is 311 g/mol. The molecule has 1 aromatic carbocycles. The van der Waals surface area contributed by atoms with E-state index in [1.54, 1.807) is 12.3 Å². The normalized spacial score (nSPS) is 10.7. The van der Waals surface area contributed by atoms with E-state index >= 15 is 0 Å². The molecule has 6 heteroatoms. The highest BCUT2D eigenvalue weighted by molar-refractivity contribution is 5.63. The molecule has 0 aliphatic carbocycles. The third kappa shape index (κ3) is 3.31.